The molecule has 14 heavy (non-hydrogen) atoms. The van der Waals surface area contributed by atoms with E-state index >= 15 is 0 Å². The third kappa shape index (κ3) is 1.51. The maximum atomic E-state index is 11.5. The van der Waals surface area contributed by atoms with Gasteiger partial charge in [0.25, 0.3) is 0 Å². The average molecular weight is 211 g/mol. The van der Waals surface area contributed by atoms with Gasteiger partial charge in [-0.1, -0.05) is 11.6 Å². The molecule has 0 aromatic heterocycles. The third-order valence-corrected chi connectivity index (χ3v) is 2.29. The fourth-order valence-electron chi connectivity index (χ4n) is 1.40. The van der Waals surface area contributed by atoms with Crippen molar-refractivity contribution in [2.24, 2.45) is 0 Å². The smallest absolute Gasteiger partial charge is 0.170 e. The van der Waals surface area contributed by atoms with Crippen LogP contribution in [0.5, 0.6) is 5.75 Å². The van der Waals surface area contributed by atoms with E-state index in [1.807, 2.05) is 0 Å². The number of Topliss-reactive ketones (excluding diaryl/α,β-unsaturated/α-hetero) is 1. The molecule has 3 nitrogen and oxygen atoms in total. The highest BCUT2D eigenvalue weighted by Crippen LogP contribution is 2.29. The summed E-state index contributed by atoms with van der Waals surface area (Å²) < 4.78 is 5.26. The number of ketones is 1. The lowest BCUT2D eigenvalue weighted by Gasteiger charge is -2.21. The lowest BCUT2D eigenvalue weighted by molar-refractivity contribution is -0.113. The van der Waals surface area contributed by atoms with E-state index in [2.05, 4.69) is 0 Å². The van der Waals surface area contributed by atoms with Gasteiger partial charge in [-0.3, -0.25) is 9.59 Å². The van der Waals surface area contributed by atoms with Gasteiger partial charge in [0, 0.05) is 5.02 Å². The lowest BCUT2D eigenvalue weighted by Crippen LogP contribution is -2.27. The predicted molar refractivity (Wildman–Crippen MR) is 50.9 cm³/mol. The summed E-state index contributed by atoms with van der Waals surface area (Å²) >= 11 is 5.73. The fraction of sp³-hybridized carbons (Fsp3) is 0.200. The molecule has 0 saturated heterocycles. The van der Waals surface area contributed by atoms with Crippen molar-refractivity contribution in [2.45, 2.75) is 12.5 Å². The van der Waals surface area contributed by atoms with Crippen LogP contribution in [0.1, 0.15) is 16.8 Å². The van der Waals surface area contributed by atoms with Crippen LogP contribution in [0.2, 0.25) is 5.02 Å². The second-order valence-corrected chi connectivity index (χ2v) is 3.50. The molecule has 1 aliphatic heterocycles. The van der Waals surface area contributed by atoms with Crippen molar-refractivity contribution in [2.75, 3.05) is 0 Å². The SMILES string of the molecule is O=CC1CC(=O)c2cc(Cl)ccc2O1. The number of hydrogen-bond donors (Lipinski definition) is 0. The standard InChI is InChI=1S/C10H7ClO3/c11-6-1-2-10-8(3-6)9(13)4-7(5-12)14-10/h1-3,5,7H,4H2. The van der Waals surface area contributed by atoms with Gasteiger partial charge in [-0.05, 0) is 18.2 Å². The molecule has 1 aromatic carbocycles. The molecule has 4 heteroatoms. The van der Waals surface area contributed by atoms with Crippen molar-refractivity contribution < 1.29 is 14.3 Å². The summed E-state index contributed by atoms with van der Waals surface area (Å²) in [5.41, 5.74) is 0.454. The normalized spacial score (nSPS) is 19.8. The van der Waals surface area contributed by atoms with Crippen LogP contribution in [0.3, 0.4) is 0 Å². The first-order valence-corrected chi connectivity index (χ1v) is 4.53. The summed E-state index contributed by atoms with van der Waals surface area (Å²) in [5, 5.41) is 0.491. The molecule has 0 saturated carbocycles. The van der Waals surface area contributed by atoms with Crippen molar-refractivity contribution in [1.29, 1.82) is 0 Å². The van der Waals surface area contributed by atoms with E-state index in [1.165, 1.54) is 0 Å². The molecule has 1 unspecified atom stereocenters. The largest absolute Gasteiger partial charge is 0.482 e. The summed E-state index contributed by atoms with van der Waals surface area (Å²) in [6, 6.07) is 4.78. The lowest BCUT2D eigenvalue weighted by atomic mass is 10.0. The Bertz CT molecular complexity index is 400. The molecule has 2 rings (SSSR count). The molecule has 1 aromatic rings. The number of fused-ring (bicyclic) bond motifs is 1. The van der Waals surface area contributed by atoms with Gasteiger partial charge in [-0.15, -0.1) is 0 Å². The first-order chi connectivity index (χ1) is 6.70. The minimum atomic E-state index is -0.656. The van der Waals surface area contributed by atoms with Gasteiger partial charge in [0.05, 0.1) is 12.0 Å². The third-order valence-electron chi connectivity index (χ3n) is 2.06. The van der Waals surface area contributed by atoms with Crippen LogP contribution in [-0.4, -0.2) is 18.2 Å². The zero-order valence-electron chi connectivity index (χ0n) is 7.20. The highest BCUT2D eigenvalue weighted by molar-refractivity contribution is 6.31. The number of carbonyl (C=O) groups is 2. The van der Waals surface area contributed by atoms with E-state index in [0.717, 1.165) is 0 Å². The molecule has 1 aliphatic rings. The second-order valence-electron chi connectivity index (χ2n) is 3.06. The van der Waals surface area contributed by atoms with Gasteiger partial charge in [-0.2, -0.15) is 0 Å². The average Bonchev–Trinajstić information content (AvgIpc) is 2.19. The number of hydrogen-bond acceptors (Lipinski definition) is 3. The van der Waals surface area contributed by atoms with Crippen molar-refractivity contribution in [3.8, 4) is 5.75 Å². The summed E-state index contributed by atoms with van der Waals surface area (Å²) in [7, 11) is 0. The molecule has 0 radical (unpaired) electrons. The minimum absolute atomic E-state index is 0.0941. The maximum absolute atomic E-state index is 11.5. The number of ether oxygens (including phenoxy) is 1. The van der Waals surface area contributed by atoms with Crippen LogP contribution in [0.25, 0.3) is 0 Å². The first-order valence-electron chi connectivity index (χ1n) is 4.15. The Kier molecular flexibility index (Phi) is 2.25. The molecule has 0 spiro atoms. The Balaban J connectivity index is 2.44. The van der Waals surface area contributed by atoms with Crippen LogP contribution >= 0.6 is 11.6 Å². The zero-order valence-corrected chi connectivity index (χ0v) is 7.95. The molecule has 0 fully saturated rings. The fourth-order valence-corrected chi connectivity index (χ4v) is 1.57. The van der Waals surface area contributed by atoms with E-state index in [4.69, 9.17) is 16.3 Å². The van der Waals surface area contributed by atoms with Crippen molar-refractivity contribution >= 4 is 23.7 Å². The molecule has 0 bridgehead atoms. The Hall–Kier alpha value is -1.35. The van der Waals surface area contributed by atoms with E-state index in [0.29, 0.717) is 22.6 Å². The number of carbonyl (C=O) groups excluding carboxylic acids is 2. The summed E-state index contributed by atoms with van der Waals surface area (Å²) in [6.45, 7) is 0. The second kappa shape index (κ2) is 3.42. The molecular formula is C10H7ClO3. The molecular weight excluding hydrogens is 204 g/mol. The highest BCUT2D eigenvalue weighted by Gasteiger charge is 2.25. The summed E-state index contributed by atoms with van der Waals surface area (Å²) in [4.78, 5) is 22.0. The number of halogens is 1. The predicted octanol–water partition coefficient (Wildman–Crippen LogP) is 1.87. The van der Waals surface area contributed by atoms with Gasteiger partial charge in [0.2, 0.25) is 0 Å². The molecule has 1 heterocycles. The summed E-state index contributed by atoms with van der Waals surface area (Å²) in [6.07, 6.45) is 0.0721. The Morgan fingerprint density at radius 3 is 3.00 bits per heavy atom. The van der Waals surface area contributed by atoms with E-state index < -0.39 is 6.10 Å². The van der Waals surface area contributed by atoms with Crippen molar-refractivity contribution in [1.82, 2.24) is 0 Å². The van der Waals surface area contributed by atoms with Crippen LogP contribution in [0, 0.1) is 0 Å². The van der Waals surface area contributed by atoms with Gasteiger partial charge >= 0.3 is 0 Å². The van der Waals surface area contributed by atoms with Crippen LogP contribution in [0.15, 0.2) is 18.2 Å². The Labute approximate surface area is 85.6 Å². The molecule has 0 amide bonds. The Morgan fingerprint density at radius 1 is 1.50 bits per heavy atom. The van der Waals surface area contributed by atoms with Crippen molar-refractivity contribution in [3.63, 3.8) is 0 Å². The van der Waals surface area contributed by atoms with Crippen molar-refractivity contribution in [3.05, 3.63) is 28.8 Å². The zero-order chi connectivity index (χ0) is 10.1. The van der Waals surface area contributed by atoms with E-state index in [-0.39, 0.29) is 12.2 Å². The molecule has 72 valence electrons. The summed E-state index contributed by atoms with van der Waals surface area (Å²) in [5.74, 6) is 0.327. The van der Waals surface area contributed by atoms with Gasteiger partial charge < -0.3 is 4.74 Å². The van der Waals surface area contributed by atoms with Crippen LogP contribution in [0.4, 0.5) is 0 Å². The number of benzene rings is 1. The Morgan fingerprint density at radius 2 is 2.29 bits per heavy atom. The number of aldehydes is 1. The number of rotatable bonds is 1. The first kappa shape index (κ1) is 9.21. The molecule has 0 aliphatic carbocycles. The quantitative estimate of drug-likeness (QED) is 0.665. The van der Waals surface area contributed by atoms with Gasteiger partial charge in [0.15, 0.2) is 18.2 Å². The van der Waals surface area contributed by atoms with Crippen LogP contribution in [-0.2, 0) is 4.79 Å². The van der Waals surface area contributed by atoms with Gasteiger partial charge in [0.1, 0.15) is 5.75 Å². The highest BCUT2D eigenvalue weighted by atomic mass is 35.5. The van der Waals surface area contributed by atoms with E-state index in [9.17, 15) is 9.59 Å². The minimum Gasteiger partial charge on any atom is -0.482 e. The van der Waals surface area contributed by atoms with E-state index in [1.54, 1.807) is 18.2 Å². The molecule has 0 N–H and O–H groups in total. The molecule has 1 atom stereocenters. The monoisotopic (exact) mass is 210 g/mol. The van der Waals surface area contributed by atoms with Crippen LogP contribution < -0.4 is 4.74 Å². The maximum Gasteiger partial charge on any atom is 0.170 e. The topological polar surface area (TPSA) is 43.4 Å². The van der Waals surface area contributed by atoms with Gasteiger partial charge in [-0.25, -0.2) is 0 Å².